The second kappa shape index (κ2) is 8.14. The van der Waals surface area contributed by atoms with Gasteiger partial charge in [0.15, 0.2) is 0 Å². The highest BCUT2D eigenvalue weighted by molar-refractivity contribution is 5.95. The number of nitrogens with one attached hydrogen (secondary N) is 1. The maximum absolute atomic E-state index is 12.9. The van der Waals surface area contributed by atoms with Crippen molar-refractivity contribution >= 4 is 11.6 Å². The van der Waals surface area contributed by atoms with Crippen molar-refractivity contribution in [3.8, 4) is 5.69 Å². The third kappa shape index (κ3) is 3.84. The summed E-state index contributed by atoms with van der Waals surface area (Å²) in [6, 6.07) is 20.4. The first-order valence-electron chi connectivity index (χ1n) is 10.5. The van der Waals surface area contributed by atoms with Crippen LogP contribution >= 0.6 is 0 Å². The van der Waals surface area contributed by atoms with Crippen molar-refractivity contribution in [2.75, 3.05) is 4.90 Å². The molecule has 0 fully saturated rings. The minimum Gasteiger partial charge on any atom is -0.467 e. The van der Waals surface area contributed by atoms with Gasteiger partial charge in [0.05, 0.1) is 30.3 Å². The average molecular weight is 412 g/mol. The largest absolute Gasteiger partial charge is 0.467 e. The molecule has 6 nitrogen and oxygen atoms in total. The van der Waals surface area contributed by atoms with Crippen LogP contribution in [0.25, 0.3) is 5.69 Å². The van der Waals surface area contributed by atoms with Crippen LogP contribution in [0.1, 0.15) is 34.2 Å². The van der Waals surface area contributed by atoms with Gasteiger partial charge in [-0.05, 0) is 43.2 Å². The molecule has 0 aliphatic carbocycles. The van der Waals surface area contributed by atoms with Crippen LogP contribution in [0.2, 0.25) is 0 Å². The third-order valence-electron chi connectivity index (χ3n) is 5.76. The molecule has 0 saturated heterocycles. The highest BCUT2D eigenvalue weighted by atomic mass is 16.3. The lowest BCUT2D eigenvalue weighted by molar-refractivity contribution is 0.0949. The highest BCUT2D eigenvalue weighted by Gasteiger charge is 2.28. The lowest BCUT2D eigenvalue weighted by atomic mass is 10.1. The van der Waals surface area contributed by atoms with Gasteiger partial charge in [0.25, 0.3) is 5.91 Å². The second-order valence-corrected chi connectivity index (χ2v) is 7.88. The van der Waals surface area contributed by atoms with Gasteiger partial charge in [-0.2, -0.15) is 5.10 Å². The normalized spacial score (nSPS) is 15.1. The smallest absolute Gasteiger partial charge is 0.255 e. The number of furan rings is 1. The summed E-state index contributed by atoms with van der Waals surface area (Å²) in [7, 11) is 0. The molecule has 4 aromatic rings. The van der Waals surface area contributed by atoms with Gasteiger partial charge in [0.1, 0.15) is 5.76 Å². The van der Waals surface area contributed by atoms with Gasteiger partial charge in [-0.15, -0.1) is 0 Å². The average Bonchev–Trinajstić information content (AvgIpc) is 3.53. The van der Waals surface area contributed by atoms with E-state index in [1.807, 2.05) is 36.5 Å². The minimum absolute atomic E-state index is 0.142. The number of carbonyl (C=O) groups excluding carboxylic acids is 1. The van der Waals surface area contributed by atoms with Crippen molar-refractivity contribution in [2.45, 2.75) is 32.5 Å². The predicted molar refractivity (Wildman–Crippen MR) is 119 cm³/mol. The number of benzene rings is 2. The van der Waals surface area contributed by atoms with E-state index in [2.05, 4.69) is 46.5 Å². The Bertz CT molecular complexity index is 1190. The van der Waals surface area contributed by atoms with Gasteiger partial charge in [0.2, 0.25) is 0 Å². The zero-order valence-electron chi connectivity index (χ0n) is 17.4. The van der Waals surface area contributed by atoms with Gasteiger partial charge in [-0.25, -0.2) is 4.68 Å². The molecule has 0 radical (unpaired) electrons. The molecule has 0 spiro atoms. The fourth-order valence-corrected chi connectivity index (χ4v) is 4.14. The number of fused-ring (bicyclic) bond motifs is 1. The molecule has 2 aromatic carbocycles. The van der Waals surface area contributed by atoms with Crippen LogP contribution in [0, 0.1) is 0 Å². The Morgan fingerprint density at radius 2 is 1.94 bits per heavy atom. The number of aromatic nitrogens is 2. The van der Waals surface area contributed by atoms with E-state index in [1.54, 1.807) is 23.2 Å². The second-order valence-electron chi connectivity index (χ2n) is 7.88. The summed E-state index contributed by atoms with van der Waals surface area (Å²) >= 11 is 0. The summed E-state index contributed by atoms with van der Waals surface area (Å²) in [5.41, 5.74) is 5.04. The fraction of sp³-hybridized carbons (Fsp3) is 0.200. The van der Waals surface area contributed by atoms with E-state index in [0.717, 1.165) is 17.7 Å². The number of hydrogen-bond donors (Lipinski definition) is 1. The van der Waals surface area contributed by atoms with E-state index in [1.165, 1.54) is 11.3 Å². The predicted octanol–water partition coefficient (Wildman–Crippen LogP) is 4.35. The molecule has 1 aliphatic heterocycles. The van der Waals surface area contributed by atoms with Gasteiger partial charge in [-0.3, -0.25) is 4.79 Å². The zero-order chi connectivity index (χ0) is 21.2. The standard InChI is InChI=1S/C25H24N4O2/c1-18-13-20-7-5-6-10-23(20)28(18)17-24-22(11-12-31-24)25(30)26-14-19-15-27-29(16-19)21-8-3-2-4-9-21/h2-12,15-16,18H,13-14,17H2,1H3,(H,26,30). The molecule has 1 unspecified atom stereocenters. The number of rotatable bonds is 6. The molecule has 0 saturated carbocycles. The van der Waals surface area contributed by atoms with Crippen LogP contribution in [0.4, 0.5) is 5.69 Å². The molecule has 31 heavy (non-hydrogen) atoms. The lowest BCUT2D eigenvalue weighted by Crippen LogP contribution is -2.30. The Hall–Kier alpha value is -3.80. The Labute approximate surface area is 181 Å². The molecule has 0 bridgehead atoms. The topological polar surface area (TPSA) is 63.3 Å². The quantitative estimate of drug-likeness (QED) is 0.512. The summed E-state index contributed by atoms with van der Waals surface area (Å²) in [5.74, 6) is 0.539. The molecule has 156 valence electrons. The third-order valence-corrected chi connectivity index (χ3v) is 5.76. The molecule has 1 aliphatic rings. The Kier molecular flexibility index (Phi) is 5.04. The van der Waals surface area contributed by atoms with Crippen molar-refractivity contribution in [1.29, 1.82) is 0 Å². The van der Waals surface area contributed by atoms with Crippen molar-refractivity contribution in [3.63, 3.8) is 0 Å². The minimum atomic E-state index is -0.142. The molecule has 6 heteroatoms. The van der Waals surface area contributed by atoms with Gasteiger partial charge in [0, 0.05) is 30.0 Å². The van der Waals surface area contributed by atoms with E-state index < -0.39 is 0 Å². The number of hydrogen-bond acceptors (Lipinski definition) is 4. The first kappa shape index (κ1) is 19.2. The molecule has 1 N–H and O–H groups in total. The van der Waals surface area contributed by atoms with E-state index in [0.29, 0.717) is 30.5 Å². The SMILES string of the molecule is CC1Cc2ccccc2N1Cc1occc1C(=O)NCc1cnn(-c2ccccc2)c1. The van der Waals surface area contributed by atoms with E-state index in [-0.39, 0.29) is 5.91 Å². The molecular weight excluding hydrogens is 388 g/mol. The maximum Gasteiger partial charge on any atom is 0.255 e. The molecule has 5 rings (SSSR count). The first-order chi connectivity index (χ1) is 15.2. The number of amides is 1. The van der Waals surface area contributed by atoms with E-state index >= 15 is 0 Å². The number of anilines is 1. The summed E-state index contributed by atoms with van der Waals surface area (Å²) < 4.78 is 7.51. The van der Waals surface area contributed by atoms with Crippen molar-refractivity contribution in [2.24, 2.45) is 0 Å². The molecule has 1 atom stereocenters. The van der Waals surface area contributed by atoms with Crippen molar-refractivity contribution < 1.29 is 9.21 Å². The summed E-state index contributed by atoms with van der Waals surface area (Å²) in [6.45, 7) is 3.17. The van der Waals surface area contributed by atoms with Crippen LogP contribution in [-0.2, 0) is 19.5 Å². The molecule has 1 amide bonds. The molecule has 2 aromatic heterocycles. The van der Waals surface area contributed by atoms with Crippen LogP contribution < -0.4 is 10.2 Å². The monoisotopic (exact) mass is 412 g/mol. The molecule has 3 heterocycles. The van der Waals surface area contributed by atoms with E-state index in [4.69, 9.17) is 4.42 Å². The highest BCUT2D eigenvalue weighted by Crippen LogP contribution is 2.33. The summed E-state index contributed by atoms with van der Waals surface area (Å²) in [5, 5.41) is 7.37. The van der Waals surface area contributed by atoms with E-state index in [9.17, 15) is 4.79 Å². The first-order valence-corrected chi connectivity index (χ1v) is 10.5. The van der Waals surface area contributed by atoms with Crippen LogP contribution in [-0.4, -0.2) is 21.7 Å². The van der Waals surface area contributed by atoms with Gasteiger partial charge in [-0.1, -0.05) is 36.4 Å². The Morgan fingerprint density at radius 3 is 2.81 bits per heavy atom. The molecular formula is C25H24N4O2. The van der Waals surface area contributed by atoms with Gasteiger partial charge >= 0.3 is 0 Å². The Morgan fingerprint density at radius 1 is 1.13 bits per heavy atom. The summed E-state index contributed by atoms with van der Waals surface area (Å²) in [4.78, 5) is 15.2. The zero-order valence-corrected chi connectivity index (χ0v) is 17.4. The summed E-state index contributed by atoms with van der Waals surface area (Å²) in [6.07, 6.45) is 6.29. The van der Waals surface area contributed by atoms with Gasteiger partial charge < -0.3 is 14.6 Å². The maximum atomic E-state index is 12.9. The van der Waals surface area contributed by atoms with Crippen LogP contribution in [0.3, 0.4) is 0 Å². The van der Waals surface area contributed by atoms with Crippen molar-refractivity contribution in [3.05, 3.63) is 102 Å². The Balaban J connectivity index is 1.26. The fourth-order valence-electron chi connectivity index (χ4n) is 4.14. The van der Waals surface area contributed by atoms with Crippen LogP contribution in [0.5, 0.6) is 0 Å². The number of nitrogens with zero attached hydrogens (tertiary/aromatic N) is 3. The van der Waals surface area contributed by atoms with Crippen LogP contribution in [0.15, 0.2) is 83.7 Å². The van der Waals surface area contributed by atoms with Crippen molar-refractivity contribution in [1.82, 2.24) is 15.1 Å². The lowest BCUT2D eigenvalue weighted by Gasteiger charge is -2.24. The number of carbonyl (C=O) groups is 1. The number of para-hydroxylation sites is 2.